The summed E-state index contributed by atoms with van der Waals surface area (Å²) in [6, 6.07) is 176. The molecule has 12 heteroatoms. The number of nitrogens with zero attached hydrogens (tertiary/aromatic N) is 12. The SMILES string of the molecule is c1ccc(-c2cccc(-c3nc(-c4ccccc4)nc(-c4cccc(-c5cccc(-c6cccc(-c7cccc(-c8cccc(-c9nc(-c%10ccccc%10)nc(-c%10ccccc%10)n9)c8)c7)c6)c5)c4)n3)c2)cc1.c1ccc(-c2nc(-c3ccccc3)nc(-c3cccc(-c4cccc(-c5cccc(-c6cccc(-c7cccc(-c8nc(-c9ccccc9)nc(-c9ccccc9)n8)c7)c6)c5)c4)c3)n2)cc1. The van der Waals surface area contributed by atoms with Gasteiger partial charge in [-0.25, -0.2) is 59.8 Å². The van der Waals surface area contributed by atoms with Gasteiger partial charge < -0.3 is 0 Å². The highest BCUT2D eigenvalue weighted by Crippen LogP contribution is 2.40. The highest BCUT2D eigenvalue weighted by atomic mass is 15.1. The van der Waals surface area contributed by atoms with Gasteiger partial charge in [0.15, 0.2) is 69.9 Å². The van der Waals surface area contributed by atoms with Crippen LogP contribution in [0.4, 0.5) is 0 Å². The minimum atomic E-state index is 0.615. The molecule has 12 nitrogen and oxygen atoms in total. The Morgan fingerprint density at radius 1 is 0.0652 bits per heavy atom. The molecule has 138 heavy (non-hydrogen) atoms. The smallest absolute Gasteiger partial charge is 0.164 e. The molecule has 0 spiro atoms. The Morgan fingerprint density at radius 2 is 0.145 bits per heavy atom. The molecule has 23 aromatic rings. The highest BCUT2D eigenvalue weighted by molar-refractivity contribution is 5.86. The van der Waals surface area contributed by atoms with E-state index >= 15 is 0 Å². The van der Waals surface area contributed by atoms with Crippen LogP contribution in [0.5, 0.6) is 0 Å². The molecule has 0 aliphatic carbocycles. The molecular weight excluding hydrogens is 1680 g/mol. The van der Waals surface area contributed by atoms with Crippen LogP contribution in [0.25, 0.3) is 237 Å². The highest BCUT2D eigenvalue weighted by Gasteiger charge is 2.21. The summed E-state index contributed by atoms with van der Waals surface area (Å²) in [5.41, 5.74) is 31.1. The first-order valence-corrected chi connectivity index (χ1v) is 45.9. The maximum Gasteiger partial charge on any atom is 0.164 e. The van der Waals surface area contributed by atoms with Crippen molar-refractivity contribution in [2.75, 3.05) is 0 Å². The zero-order valence-corrected chi connectivity index (χ0v) is 74.9. The summed E-state index contributed by atoms with van der Waals surface area (Å²) in [4.78, 5) is 59.7. The molecule has 0 saturated heterocycles. The van der Waals surface area contributed by atoms with Crippen molar-refractivity contribution in [3.05, 3.63) is 510 Å². The molecule has 0 aliphatic rings. The van der Waals surface area contributed by atoms with Crippen molar-refractivity contribution in [2.45, 2.75) is 0 Å². The van der Waals surface area contributed by atoms with E-state index in [1.165, 1.54) is 0 Å². The van der Waals surface area contributed by atoms with E-state index in [0.717, 1.165) is 167 Å². The monoisotopic (exact) mass is 1760 g/mol. The second-order valence-corrected chi connectivity index (χ2v) is 33.5. The molecule has 0 bridgehead atoms. The normalized spacial score (nSPS) is 11.0. The summed E-state index contributed by atoms with van der Waals surface area (Å²) < 4.78 is 0. The van der Waals surface area contributed by atoms with Gasteiger partial charge in [-0.15, -0.1) is 0 Å². The maximum atomic E-state index is 5.11. The Hall–Kier alpha value is -18.8. The predicted molar refractivity (Wildman–Crippen MR) is 561 cm³/mol. The zero-order valence-electron chi connectivity index (χ0n) is 74.9. The Kier molecular flexibility index (Phi) is 24.2. The lowest BCUT2D eigenvalue weighted by molar-refractivity contribution is 1.07. The van der Waals surface area contributed by atoms with Gasteiger partial charge >= 0.3 is 0 Å². The molecule has 0 saturated carbocycles. The van der Waals surface area contributed by atoms with Crippen LogP contribution in [-0.4, -0.2) is 59.8 Å². The van der Waals surface area contributed by atoms with Gasteiger partial charge in [0.05, 0.1) is 0 Å². The van der Waals surface area contributed by atoms with E-state index in [1.807, 2.05) is 218 Å². The topological polar surface area (TPSA) is 155 Å². The van der Waals surface area contributed by atoms with E-state index in [0.29, 0.717) is 69.9 Å². The van der Waals surface area contributed by atoms with Gasteiger partial charge in [-0.05, 0) is 167 Å². The fourth-order valence-electron chi connectivity index (χ4n) is 17.3. The molecule has 0 aliphatic heterocycles. The van der Waals surface area contributed by atoms with Crippen LogP contribution in [-0.2, 0) is 0 Å². The first-order valence-electron chi connectivity index (χ1n) is 45.9. The van der Waals surface area contributed by atoms with Crippen LogP contribution in [0.15, 0.2) is 510 Å². The standard InChI is InChI=1S/C66H44N6.C60H40N6/c1-5-19-45(20-6-1)49-27-16-36-58(42-49)65-70-63(48-25-11-4-12-26-48)71-66(72-65)60-38-18-35-57(44-60)55-33-15-31-53(41-55)51-29-13-28-50(39-51)52-30-14-32-54(40-52)56-34-17-37-59(43-56)64-68-61(46-21-7-2-8-22-46)67-62(69-64)47-23-9-3-10-24-47;1-5-18-41(19-6-1)55-61-56(42-20-7-2-8-21-42)64-59(63-55)53-34-16-32-51(39-53)49-30-14-28-47(37-49)45-26-13-27-46(36-45)48-29-15-31-50(38-48)52-33-17-35-54(40-52)60-65-57(43-22-9-3-10-23-43)62-58(66-60)44-24-11-4-12-25-44/h1-44H;1-40H. The van der Waals surface area contributed by atoms with Gasteiger partial charge in [0.2, 0.25) is 0 Å². The van der Waals surface area contributed by atoms with Crippen LogP contribution in [0.2, 0.25) is 0 Å². The summed E-state index contributed by atoms with van der Waals surface area (Å²) in [5, 5.41) is 0. The van der Waals surface area contributed by atoms with Crippen molar-refractivity contribution < 1.29 is 0 Å². The molecule has 23 rings (SSSR count). The lowest BCUT2D eigenvalue weighted by atomic mass is 9.94. The van der Waals surface area contributed by atoms with Gasteiger partial charge in [0.1, 0.15) is 0 Å². The molecule has 0 atom stereocenters. The van der Waals surface area contributed by atoms with E-state index in [9.17, 15) is 0 Å². The van der Waals surface area contributed by atoms with Gasteiger partial charge in [-0.3, -0.25) is 0 Å². The first-order chi connectivity index (χ1) is 68.3. The summed E-state index contributed by atoms with van der Waals surface area (Å²) in [5.74, 6) is 7.58. The molecular formula is C126H84N12. The van der Waals surface area contributed by atoms with Crippen molar-refractivity contribution in [1.29, 1.82) is 0 Å². The molecule has 4 heterocycles. The minimum absolute atomic E-state index is 0.615. The molecule has 0 fully saturated rings. The Bertz CT molecular complexity index is 7900. The molecule has 0 amide bonds. The number of rotatable bonds is 21. The lowest BCUT2D eigenvalue weighted by Crippen LogP contribution is -2.00. The maximum absolute atomic E-state index is 5.11. The third-order valence-corrected chi connectivity index (χ3v) is 24.3. The van der Waals surface area contributed by atoms with Crippen LogP contribution in [0.3, 0.4) is 0 Å². The van der Waals surface area contributed by atoms with E-state index in [1.54, 1.807) is 0 Å². The van der Waals surface area contributed by atoms with Gasteiger partial charge in [0.25, 0.3) is 0 Å². The van der Waals surface area contributed by atoms with Crippen LogP contribution in [0.1, 0.15) is 0 Å². The largest absolute Gasteiger partial charge is 0.208 e. The molecule has 4 aromatic heterocycles. The third kappa shape index (κ3) is 19.2. The van der Waals surface area contributed by atoms with E-state index in [-0.39, 0.29) is 0 Å². The summed E-state index contributed by atoms with van der Waals surface area (Å²) in [6.45, 7) is 0. The molecule has 19 aromatic carbocycles. The Labute approximate surface area is 800 Å². The van der Waals surface area contributed by atoms with Crippen molar-refractivity contribution in [3.63, 3.8) is 0 Å². The van der Waals surface area contributed by atoms with Gasteiger partial charge in [-0.2, -0.15) is 0 Å². The average molecular weight is 1770 g/mol. The summed E-state index contributed by atoms with van der Waals surface area (Å²) in [7, 11) is 0. The Morgan fingerprint density at radius 3 is 0.268 bits per heavy atom. The van der Waals surface area contributed by atoms with Crippen molar-refractivity contribution in [3.8, 4) is 237 Å². The summed E-state index contributed by atoms with van der Waals surface area (Å²) in [6.07, 6.45) is 0. The zero-order chi connectivity index (χ0) is 92.1. The fraction of sp³-hybridized carbons (Fsp3) is 0. The Balaban J connectivity index is 0.000000160. The van der Waals surface area contributed by atoms with Crippen LogP contribution in [0, 0.1) is 0 Å². The quantitative estimate of drug-likeness (QED) is 0.0672. The van der Waals surface area contributed by atoms with Crippen LogP contribution >= 0.6 is 0 Å². The van der Waals surface area contributed by atoms with E-state index < -0.39 is 0 Å². The van der Waals surface area contributed by atoms with Crippen LogP contribution < -0.4 is 0 Å². The number of aromatic nitrogens is 12. The first kappa shape index (κ1) is 84.7. The third-order valence-electron chi connectivity index (χ3n) is 24.3. The number of hydrogen-bond acceptors (Lipinski definition) is 12. The fourth-order valence-corrected chi connectivity index (χ4v) is 17.3. The van der Waals surface area contributed by atoms with E-state index in [4.69, 9.17) is 59.8 Å². The second-order valence-electron chi connectivity index (χ2n) is 33.5. The van der Waals surface area contributed by atoms with E-state index in [2.05, 4.69) is 291 Å². The number of hydrogen-bond donors (Lipinski definition) is 0. The molecule has 0 radical (unpaired) electrons. The summed E-state index contributed by atoms with van der Waals surface area (Å²) >= 11 is 0. The van der Waals surface area contributed by atoms with Gasteiger partial charge in [-0.1, -0.05) is 443 Å². The predicted octanol–water partition coefficient (Wildman–Crippen LogP) is 31.1. The lowest BCUT2D eigenvalue weighted by Gasteiger charge is -2.12. The average Bonchev–Trinajstić information content (AvgIpc) is 0.803. The number of benzene rings is 19. The van der Waals surface area contributed by atoms with Crippen molar-refractivity contribution in [2.24, 2.45) is 0 Å². The minimum Gasteiger partial charge on any atom is -0.208 e. The molecule has 648 valence electrons. The van der Waals surface area contributed by atoms with Gasteiger partial charge in [0, 0.05) is 66.8 Å². The van der Waals surface area contributed by atoms with Crippen molar-refractivity contribution >= 4 is 0 Å². The second kappa shape index (κ2) is 39.3. The van der Waals surface area contributed by atoms with Crippen molar-refractivity contribution in [1.82, 2.24) is 59.8 Å². The molecule has 0 unspecified atom stereocenters. The molecule has 0 N–H and O–H groups in total.